The van der Waals surface area contributed by atoms with Crippen LogP contribution in [0, 0.1) is 0 Å². The molecular weight excluding hydrogens is 223 g/mol. The smallest absolute Gasteiger partial charge is 0.259 e. The molecule has 1 atom stereocenters. The molecule has 0 aliphatic carbocycles. The van der Waals surface area contributed by atoms with Crippen molar-refractivity contribution >= 4 is 8.53 Å². The molecule has 0 radical (unpaired) electrons. The average Bonchev–Trinajstić information content (AvgIpc) is 2.59. The van der Waals surface area contributed by atoms with Crippen LogP contribution in [-0.4, -0.2) is 55.5 Å². The lowest BCUT2D eigenvalue weighted by Gasteiger charge is -2.33. The molecule has 0 spiro atoms. The van der Waals surface area contributed by atoms with Crippen molar-refractivity contribution in [3.8, 4) is 0 Å². The van der Waals surface area contributed by atoms with E-state index in [-0.39, 0.29) is 5.54 Å². The second kappa shape index (κ2) is 6.27. The number of rotatable bonds is 5. The van der Waals surface area contributed by atoms with Crippen LogP contribution in [0.1, 0.15) is 27.2 Å². The van der Waals surface area contributed by atoms with Gasteiger partial charge in [-0.1, -0.05) is 0 Å². The van der Waals surface area contributed by atoms with E-state index in [4.69, 9.17) is 9.05 Å². The van der Waals surface area contributed by atoms with Crippen LogP contribution in [0.15, 0.2) is 0 Å². The van der Waals surface area contributed by atoms with Gasteiger partial charge in [-0.25, -0.2) is 4.67 Å². The summed E-state index contributed by atoms with van der Waals surface area (Å²) in [5.74, 6) is 0. The minimum atomic E-state index is -0.813. The molecule has 1 aliphatic heterocycles. The Morgan fingerprint density at radius 2 is 2.06 bits per heavy atom. The highest BCUT2D eigenvalue weighted by Crippen LogP contribution is 2.50. The van der Waals surface area contributed by atoms with E-state index >= 15 is 0 Å². The van der Waals surface area contributed by atoms with Crippen molar-refractivity contribution < 1.29 is 9.05 Å². The third kappa shape index (κ3) is 4.64. The van der Waals surface area contributed by atoms with Crippen LogP contribution in [-0.2, 0) is 9.05 Å². The van der Waals surface area contributed by atoms with Gasteiger partial charge in [-0.3, -0.25) is 0 Å². The van der Waals surface area contributed by atoms with Crippen LogP contribution in [0.5, 0.6) is 0 Å². The summed E-state index contributed by atoms with van der Waals surface area (Å²) in [6.07, 6.45) is 1.06. The summed E-state index contributed by atoms with van der Waals surface area (Å²) in [6, 6.07) is 0. The average molecular weight is 248 g/mol. The van der Waals surface area contributed by atoms with Crippen LogP contribution in [0.3, 0.4) is 0 Å². The summed E-state index contributed by atoms with van der Waals surface area (Å²) in [5.41, 5.74) is 0.143. The minimum absolute atomic E-state index is 0.143. The molecule has 0 bridgehead atoms. The number of nitrogens with zero attached hydrogens (tertiary/aromatic N) is 2. The molecule has 0 amide bonds. The van der Waals surface area contributed by atoms with E-state index in [0.29, 0.717) is 0 Å². The molecule has 0 aromatic heterocycles. The molecule has 0 aromatic rings. The van der Waals surface area contributed by atoms with Gasteiger partial charge in [-0.15, -0.1) is 0 Å². The van der Waals surface area contributed by atoms with Crippen molar-refractivity contribution in [3.05, 3.63) is 0 Å². The van der Waals surface area contributed by atoms with Crippen molar-refractivity contribution in [2.45, 2.75) is 32.7 Å². The Bertz CT molecular complexity index is 207. The van der Waals surface area contributed by atoms with E-state index in [9.17, 15) is 0 Å². The minimum Gasteiger partial charge on any atom is -0.322 e. The maximum absolute atomic E-state index is 5.83. The maximum Gasteiger partial charge on any atom is 0.259 e. The zero-order valence-electron chi connectivity index (χ0n) is 11.2. The second-order valence-electron chi connectivity index (χ2n) is 5.36. The fourth-order valence-corrected chi connectivity index (χ4v) is 3.18. The Kier molecular flexibility index (Phi) is 5.62. The van der Waals surface area contributed by atoms with Crippen LogP contribution >= 0.6 is 8.53 Å². The number of hydrogen-bond acceptors (Lipinski definition) is 4. The van der Waals surface area contributed by atoms with Crippen LogP contribution in [0.25, 0.3) is 0 Å². The molecule has 0 N–H and O–H groups in total. The Morgan fingerprint density at radius 3 is 2.62 bits per heavy atom. The van der Waals surface area contributed by atoms with Gasteiger partial charge >= 0.3 is 0 Å². The van der Waals surface area contributed by atoms with Crippen LogP contribution < -0.4 is 0 Å². The van der Waals surface area contributed by atoms with Crippen LogP contribution in [0.2, 0.25) is 0 Å². The van der Waals surface area contributed by atoms with Gasteiger partial charge in [-0.2, -0.15) is 0 Å². The predicted molar refractivity (Wildman–Crippen MR) is 68.5 cm³/mol. The van der Waals surface area contributed by atoms with Crippen molar-refractivity contribution in [1.82, 2.24) is 9.57 Å². The summed E-state index contributed by atoms with van der Waals surface area (Å²) >= 11 is 0. The van der Waals surface area contributed by atoms with E-state index in [2.05, 4.69) is 44.4 Å². The lowest BCUT2D eigenvalue weighted by atomic mass is 10.1. The van der Waals surface area contributed by atoms with Crippen molar-refractivity contribution in [1.29, 1.82) is 0 Å². The highest BCUT2D eigenvalue weighted by molar-refractivity contribution is 7.44. The fourth-order valence-electron chi connectivity index (χ4n) is 1.57. The quantitative estimate of drug-likeness (QED) is 0.550. The van der Waals surface area contributed by atoms with Gasteiger partial charge in [-0.05, 0) is 47.8 Å². The van der Waals surface area contributed by atoms with E-state index in [1.165, 1.54) is 0 Å². The molecule has 4 nitrogen and oxygen atoms in total. The molecule has 16 heavy (non-hydrogen) atoms. The summed E-state index contributed by atoms with van der Waals surface area (Å²) in [7, 11) is 3.35. The van der Waals surface area contributed by atoms with E-state index in [1.54, 1.807) is 0 Å². The molecule has 1 saturated heterocycles. The van der Waals surface area contributed by atoms with Gasteiger partial charge in [0.2, 0.25) is 0 Å². The van der Waals surface area contributed by atoms with Gasteiger partial charge in [0.15, 0.2) is 0 Å². The topological polar surface area (TPSA) is 24.9 Å². The molecule has 1 unspecified atom stereocenters. The van der Waals surface area contributed by atoms with Crippen molar-refractivity contribution in [3.63, 3.8) is 0 Å². The normalized spacial score (nSPS) is 23.2. The first-order chi connectivity index (χ1) is 7.41. The largest absolute Gasteiger partial charge is 0.322 e. The molecule has 1 aliphatic rings. The lowest BCUT2D eigenvalue weighted by molar-refractivity contribution is 0.219. The van der Waals surface area contributed by atoms with E-state index in [1.807, 2.05) is 0 Å². The predicted octanol–water partition coefficient (Wildman–Crippen LogP) is 2.31. The molecule has 96 valence electrons. The van der Waals surface area contributed by atoms with E-state index < -0.39 is 8.53 Å². The summed E-state index contributed by atoms with van der Waals surface area (Å²) in [6.45, 7) is 10.3. The third-order valence-corrected chi connectivity index (χ3v) is 4.43. The maximum atomic E-state index is 5.83. The van der Waals surface area contributed by atoms with Gasteiger partial charge in [0.1, 0.15) is 0 Å². The van der Waals surface area contributed by atoms with Gasteiger partial charge in [0.05, 0.1) is 13.2 Å². The monoisotopic (exact) mass is 248 g/mol. The fraction of sp³-hybridized carbons (Fsp3) is 1.00. The second-order valence-corrected chi connectivity index (χ2v) is 6.83. The van der Waals surface area contributed by atoms with Gasteiger partial charge in [0.25, 0.3) is 8.53 Å². The summed E-state index contributed by atoms with van der Waals surface area (Å²) < 4.78 is 13.8. The molecule has 1 rings (SSSR count). The first-order valence-corrected chi connectivity index (χ1v) is 7.02. The molecule has 1 fully saturated rings. The highest BCUT2D eigenvalue weighted by atomic mass is 31.2. The standard InChI is InChI=1S/C11H25N2O2P/c1-11(2,3)13-8-10-15-16(13)14-9-6-7-12(4)5/h6-10H2,1-5H3. The molecular formula is C11H25N2O2P. The van der Waals surface area contributed by atoms with Gasteiger partial charge in [0, 0.05) is 12.1 Å². The first-order valence-electron chi connectivity index (χ1n) is 5.89. The molecule has 0 aromatic carbocycles. The highest BCUT2D eigenvalue weighted by Gasteiger charge is 2.35. The SMILES string of the molecule is CN(C)CCCOP1OCCN1C(C)(C)C. The molecule has 1 heterocycles. The zero-order chi connectivity index (χ0) is 12.2. The summed E-state index contributed by atoms with van der Waals surface area (Å²) in [4.78, 5) is 2.17. The Labute approximate surface area is 101 Å². The van der Waals surface area contributed by atoms with Crippen molar-refractivity contribution in [2.75, 3.05) is 40.4 Å². The lowest BCUT2D eigenvalue weighted by Crippen LogP contribution is -2.35. The third-order valence-electron chi connectivity index (χ3n) is 2.43. The Morgan fingerprint density at radius 1 is 1.38 bits per heavy atom. The number of hydrogen-bond donors (Lipinski definition) is 0. The zero-order valence-corrected chi connectivity index (χ0v) is 12.1. The Hall–Kier alpha value is 0.270. The molecule has 5 heteroatoms. The van der Waals surface area contributed by atoms with Crippen molar-refractivity contribution in [2.24, 2.45) is 0 Å². The first kappa shape index (κ1) is 14.3. The van der Waals surface area contributed by atoms with Gasteiger partial charge < -0.3 is 13.9 Å². The summed E-state index contributed by atoms with van der Waals surface area (Å²) in [5, 5.41) is 0. The van der Waals surface area contributed by atoms with Crippen LogP contribution in [0.4, 0.5) is 0 Å². The van der Waals surface area contributed by atoms with E-state index in [0.717, 1.165) is 32.7 Å². The Balaban J connectivity index is 2.25. The molecule has 0 saturated carbocycles.